The highest BCUT2D eigenvalue weighted by Crippen LogP contribution is 2.18. The first-order valence-electron chi connectivity index (χ1n) is 6.21. The van der Waals surface area contributed by atoms with Crippen molar-refractivity contribution in [3.8, 4) is 0 Å². The normalized spacial score (nSPS) is 19.1. The maximum atomic E-state index is 12.8. The molecule has 0 unspecified atom stereocenters. The predicted octanol–water partition coefficient (Wildman–Crippen LogP) is 1.37. The summed E-state index contributed by atoms with van der Waals surface area (Å²) in [6.45, 7) is 1.27. The second-order valence-corrected chi connectivity index (χ2v) is 4.68. The average Bonchev–Trinajstić information content (AvgIpc) is 3.01. The maximum Gasteiger partial charge on any atom is 0.266 e. The zero-order valence-electron chi connectivity index (χ0n) is 10.3. The van der Waals surface area contributed by atoms with Crippen LogP contribution < -0.4 is 4.90 Å². The maximum absolute atomic E-state index is 12.8. The molecular weight excluding hydrogens is 249 g/mol. The summed E-state index contributed by atoms with van der Waals surface area (Å²) in [5.41, 5.74) is 0.915. The number of aromatic nitrogens is 2. The van der Waals surface area contributed by atoms with E-state index < -0.39 is 0 Å². The minimum absolute atomic E-state index is 0.263. The fourth-order valence-corrected chi connectivity index (χ4v) is 2.15. The van der Waals surface area contributed by atoms with Gasteiger partial charge in [-0.2, -0.15) is 4.98 Å². The fraction of sp³-hybridized carbons (Fsp3) is 0.385. The summed E-state index contributed by atoms with van der Waals surface area (Å²) in [5.74, 6) is 0.734. The van der Waals surface area contributed by atoms with Gasteiger partial charge in [0, 0.05) is 13.1 Å². The Morgan fingerprint density at radius 3 is 2.84 bits per heavy atom. The molecule has 3 rings (SSSR count). The lowest BCUT2D eigenvalue weighted by molar-refractivity contribution is 0.198. The molecule has 0 saturated carbocycles. The molecule has 1 aromatic carbocycles. The van der Waals surface area contributed by atoms with Gasteiger partial charge in [-0.1, -0.05) is 12.1 Å². The third kappa shape index (κ3) is 2.73. The van der Waals surface area contributed by atoms with Gasteiger partial charge in [-0.15, -0.1) is 0 Å². The smallest absolute Gasteiger partial charge is 0.266 e. The molecule has 2 heterocycles. The van der Waals surface area contributed by atoms with Crippen LogP contribution in [0.5, 0.6) is 0 Å². The van der Waals surface area contributed by atoms with Gasteiger partial charge in [0.1, 0.15) is 5.82 Å². The summed E-state index contributed by atoms with van der Waals surface area (Å²) >= 11 is 0. The van der Waals surface area contributed by atoms with Crippen molar-refractivity contribution in [2.24, 2.45) is 0 Å². The van der Waals surface area contributed by atoms with E-state index in [2.05, 4.69) is 10.1 Å². The molecule has 19 heavy (non-hydrogen) atoms. The summed E-state index contributed by atoms with van der Waals surface area (Å²) in [7, 11) is 0. The quantitative estimate of drug-likeness (QED) is 0.906. The Kier molecular flexibility index (Phi) is 3.16. The molecule has 100 valence electrons. The predicted molar refractivity (Wildman–Crippen MR) is 66.3 cm³/mol. The van der Waals surface area contributed by atoms with Gasteiger partial charge in [-0.05, 0) is 29.3 Å². The monoisotopic (exact) mass is 263 g/mol. The molecule has 6 heteroatoms. The van der Waals surface area contributed by atoms with Crippen LogP contribution in [-0.4, -0.2) is 34.4 Å². The number of anilines is 1. The molecule has 2 aromatic rings. The van der Waals surface area contributed by atoms with Crippen molar-refractivity contribution in [2.75, 3.05) is 18.0 Å². The van der Waals surface area contributed by atoms with E-state index in [1.165, 1.54) is 12.1 Å². The largest absolute Gasteiger partial charge is 0.391 e. The van der Waals surface area contributed by atoms with Gasteiger partial charge in [0.05, 0.1) is 12.5 Å². The van der Waals surface area contributed by atoms with Crippen LogP contribution in [0.25, 0.3) is 0 Å². The van der Waals surface area contributed by atoms with Crippen LogP contribution in [0.1, 0.15) is 17.9 Å². The zero-order valence-corrected chi connectivity index (χ0v) is 10.3. The Hall–Kier alpha value is -1.95. The van der Waals surface area contributed by atoms with Crippen molar-refractivity contribution < 1.29 is 14.0 Å². The van der Waals surface area contributed by atoms with E-state index in [1.54, 1.807) is 12.1 Å². The molecular formula is C13H14FN3O2. The first kappa shape index (κ1) is 12.1. The van der Waals surface area contributed by atoms with Gasteiger partial charge in [0.2, 0.25) is 5.89 Å². The topological polar surface area (TPSA) is 62.4 Å². The second kappa shape index (κ2) is 4.97. The van der Waals surface area contributed by atoms with Crippen LogP contribution in [0.2, 0.25) is 0 Å². The van der Waals surface area contributed by atoms with E-state index in [-0.39, 0.29) is 11.9 Å². The highest BCUT2D eigenvalue weighted by molar-refractivity contribution is 5.31. The molecule has 1 N–H and O–H groups in total. The summed E-state index contributed by atoms with van der Waals surface area (Å²) in [5, 5.41) is 13.4. The SMILES string of the molecule is O[C@@H]1CCN(c2noc(Cc3ccc(F)cc3)n2)C1. The number of rotatable bonds is 3. The van der Waals surface area contributed by atoms with E-state index in [4.69, 9.17) is 4.52 Å². The van der Waals surface area contributed by atoms with Crippen molar-refractivity contribution in [1.82, 2.24) is 10.1 Å². The van der Waals surface area contributed by atoms with Crippen molar-refractivity contribution in [3.05, 3.63) is 41.5 Å². The van der Waals surface area contributed by atoms with Crippen molar-refractivity contribution in [2.45, 2.75) is 18.9 Å². The van der Waals surface area contributed by atoms with Gasteiger partial charge >= 0.3 is 0 Å². The summed E-state index contributed by atoms with van der Waals surface area (Å²) in [6.07, 6.45) is 0.880. The van der Waals surface area contributed by atoms with Gasteiger partial charge in [-0.3, -0.25) is 0 Å². The third-order valence-electron chi connectivity index (χ3n) is 3.17. The Morgan fingerprint density at radius 1 is 1.37 bits per heavy atom. The Morgan fingerprint density at radius 2 is 2.16 bits per heavy atom. The lowest BCUT2D eigenvalue weighted by atomic mass is 10.1. The molecule has 0 aliphatic carbocycles. The Labute approximate surface area is 109 Å². The zero-order chi connectivity index (χ0) is 13.2. The van der Waals surface area contributed by atoms with Crippen molar-refractivity contribution >= 4 is 5.95 Å². The number of aliphatic hydroxyl groups excluding tert-OH is 1. The lowest BCUT2D eigenvalue weighted by Gasteiger charge is -2.10. The first-order chi connectivity index (χ1) is 9.20. The fourth-order valence-electron chi connectivity index (χ4n) is 2.15. The minimum Gasteiger partial charge on any atom is -0.391 e. The molecule has 0 spiro atoms. The van der Waals surface area contributed by atoms with E-state index in [0.29, 0.717) is 24.8 Å². The number of hydrogen-bond acceptors (Lipinski definition) is 5. The molecule has 1 aliphatic heterocycles. The average molecular weight is 263 g/mol. The van der Waals surface area contributed by atoms with Gasteiger partial charge < -0.3 is 14.5 Å². The molecule has 0 amide bonds. The molecule has 0 radical (unpaired) electrons. The second-order valence-electron chi connectivity index (χ2n) is 4.68. The number of halogens is 1. The van der Waals surface area contributed by atoms with Crippen LogP contribution in [0.4, 0.5) is 10.3 Å². The molecule has 0 bridgehead atoms. The highest BCUT2D eigenvalue weighted by Gasteiger charge is 2.24. The van der Waals surface area contributed by atoms with Crippen molar-refractivity contribution in [1.29, 1.82) is 0 Å². The van der Waals surface area contributed by atoms with Crippen LogP contribution in [-0.2, 0) is 6.42 Å². The number of hydrogen-bond donors (Lipinski definition) is 1. The molecule has 1 fully saturated rings. The van der Waals surface area contributed by atoms with Gasteiger partial charge in [0.25, 0.3) is 5.95 Å². The van der Waals surface area contributed by atoms with E-state index >= 15 is 0 Å². The standard InChI is InChI=1S/C13H14FN3O2/c14-10-3-1-9(2-4-10)7-12-15-13(16-19-12)17-6-5-11(18)8-17/h1-4,11,18H,5-8H2/t11-/m1/s1. The lowest BCUT2D eigenvalue weighted by Crippen LogP contribution is -2.22. The van der Waals surface area contributed by atoms with Gasteiger partial charge in [-0.25, -0.2) is 4.39 Å². The summed E-state index contributed by atoms with van der Waals surface area (Å²) < 4.78 is 18.0. The van der Waals surface area contributed by atoms with Gasteiger partial charge in [0.15, 0.2) is 0 Å². The number of nitrogens with zero attached hydrogens (tertiary/aromatic N) is 3. The number of β-amino-alcohol motifs (C(OH)–C–C–N with tert-alkyl or cyclic N) is 1. The molecule has 1 aliphatic rings. The summed E-state index contributed by atoms with van der Waals surface area (Å²) in [4.78, 5) is 6.18. The molecule has 1 aromatic heterocycles. The van der Waals surface area contributed by atoms with E-state index in [9.17, 15) is 9.50 Å². The minimum atomic E-state index is -0.320. The third-order valence-corrected chi connectivity index (χ3v) is 3.17. The highest BCUT2D eigenvalue weighted by atomic mass is 19.1. The first-order valence-corrected chi connectivity index (χ1v) is 6.21. The van der Waals surface area contributed by atoms with E-state index in [1.807, 2.05) is 4.90 Å². The van der Waals surface area contributed by atoms with Crippen LogP contribution in [0.15, 0.2) is 28.8 Å². The molecule has 1 saturated heterocycles. The van der Waals surface area contributed by atoms with E-state index in [0.717, 1.165) is 18.5 Å². The molecule has 1 atom stereocenters. The number of aliphatic hydroxyl groups is 1. The Balaban J connectivity index is 1.69. The van der Waals surface area contributed by atoms with Crippen LogP contribution in [0.3, 0.4) is 0 Å². The van der Waals surface area contributed by atoms with Crippen molar-refractivity contribution in [3.63, 3.8) is 0 Å². The van der Waals surface area contributed by atoms with Crippen LogP contribution in [0, 0.1) is 5.82 Å². The van der Waals surface area contributed by atoms with Crippen LogP contribution >= 0.6 is 0 Å². The molecule has 5 nitrogen and oxygen atoms in total. The Bertz CT molecular complexity index is 555. The summed E-state index contributed by atoms with van der Waals surface area (Å²) in [6, 6.07) is 6.20. The number of benzene rings is 1.